The Bertz CT molecular complexity index is 1600. The number of aromatic nitrogens is 4. The first kappa shape index (κ1) is 25.6. The van der Waals surface area contributed by atoms with Crippen molar-refractivity contribution in [1.82, 2.24) is 19.7 Å². The predicted molar refractivity (Wildman–Crippen MR) is 128 cm³/mol. The van der Waals surface area contributed by atoms with Gasteiger partial charge in [0.15, 0.2) is 0 Å². The van der Waals surface area contributed by atoms with Gasteiger partial charge in [-0.05, 0) is 55.5 Å². The smallest absolute Gasteiger partial charge is 0.381 e. The number of hydrogen-bond donors (Lipinski definition) is 2. The van der Waals surface area contributed by atoms with E-state index in [0.29, 0.717) is 35.0 Å². The van der Waals surface area contributed by atoms with Crippen LogP contribution in [0.25, 0.3) is 22.0 Å². The number of aryl methyl sites for hydroxylation is 1. The molecule has 0 bridgehead atoms. The van der Waals surface area contributed by atoms with E-state index in [1.165, 1.54) is 23.0 Å². The fourth-order valence-corrected chi connectivity index (χ4v) is 4.02. The molecule has 0 radical (unpaired) electrons. The maximum Gasteiger partial charge on any atom is 0.423 e. The highest BCUT2D eigenvalue weighted by Crippen LogP contribution is 2.32. The molecule has 1 aromatic carbocycles. The lowest BCUT2D eigenvalue weighted by atomic mass is 10.0. The molecule has 2 N–H and O–H groups in total. The summed E-state index contributed by atoms with van der Waals surface area (Å²) in [6.45, 7) is 1.85. The fraction of sp³-hybridized carbons (Fsp3) is 0.240. The van der Waals surface area contributed by atoms with Crippen LogP contribution in [-0.4, -0.2) is 25.8 Å². The van der Waals surface area contributed by atoms with Gasteiger partial charge < -0.3 is 9.88 Å². The largest absolute Gasteiger partial charge is 0.423 e. The van der Waals surface area contributed by atoms with Crippen LogP contribution in [0.1, 0.15) is 30.9 Å². The summed E-state index contributed by atoms with van der Waals surface area (Å²) in [4.78, 5) is 28.7. The molecule has 3 aromatic heterocycles. The van der Waals surface area contributed by atoms with Crippen molar-refractivity contribution in [2.45, 2.75) is 38.5 Å². The molecule has 0 spiro atoms. The second-order valence-electron chi connectivity index (χ2n) is 8.45. The molecule has 37 heavy (non-hydrogen) atoms. The van der Waals surface area contributed by atoms with Crippen LogP contribution in [0, 0.1) is 17.1 Å². The number of anilines is 1. The van der Waals surface area contributed by atoms with E-state index in [9.17, 15) is 27.2 Å². The molecule has 0 unspecified atom stereocenters. The molecule has 12 heteroatoms. The molecule has 4 rings (SSSR count). The first-order chi connectivity index (χ1) is 17.6. The number of pyridine rings is 2. The standard InChI is InChI=1S/C25H20F4N6O2/c1-14(33-20-13-32-34-23(36)22(20)25(27,28)29)3-2-7-35-8-6-16-9-17(10-18(26)21(16)24(35)37)19-5-4-15(11-30)12-31-19/h4-6,8-10,12-14H,2-3,7H2,1H3,(H2,33,34,36)/t14-/m0/s1. The maximum atomic E-state index is 14.9. The average molecular weight is 512 g/mol. The van der Waals surface area contributed by atoms with Crippen LogP contribution in [0.15, 0.2) is 58.5 Å². The number of nitrogens with one attached hydrogen (secondary N) is 2. The lowest BCUT2D eigenvalue weighted by molar-refractivity contribution is -0.138. The minimum atomic E-state index is -4.85. The topological polar surface area (TPSA) is 116 Å². The summed E-state index contributed by atoms with van der Waals surface area (Å²) in [6.07, 6.45) is -0.287. The van der Waals surface area contributed by atoms with E-state index < -0.39 is 40.4 Å². The van der Waals surface area contributed by atoms with Crippen LogP contribution in [0.5, 0.6) is 0 Å². The maximum absolute atomic E-state index is 14.9. The molecular formula is C25H20F4N6O2. The van der Waals surface area contributed by atoms with Gasteiger partial charge in [0.25, 0.3) is 11.1 Å². The SMILES string of the molecule is C[C@@H](CCCn1ccc2cc(-c3ccc(C#N)cn3)cc(F)c2c1=O)Nc1cn[nH]c(=O)c1C(F)(F)F. The number of benzene rings is 1. The zero-order valence-electron chi connectivity index (χ0n) is 19.4. The van der Waals surface area contributed by atoms with Crippen molar-refractivity contribution in [2.75, 3.05) is 5.32 Å². The second kappa shape index (κ2) is 10.2. The molecular weight excluding hydrogens is 492 g/mol. The van der Waals surface area contributed by atoms with E-state index >= 15 is 0 Å². The van der Waals surface area contributed by atoms with Crippen LogP contribution in [-0.2, 0) is 12.7 Å². The van der Waals surface area contributed by atoms with Gasteiger partial charge in [-0.1, -0.05) is 0 Å². The number of rotatable bonds is 7. The molecule has 0 aliphatic heterocycles. The van der Waals surface area contributed by atoms with E-state index in [0.717, 1.165) is 6.20 Å². The number of halogens is 4. The lowest BCUT2D eigenvalue weighted by Crippen LogP contribution is -2.27. The van der Waals surface area contributed by atoms with Crippen molar-refractivity contribution in [3.8, 4) is 17.3 Å². The quantitative estimate of drug-likeness (QED) is 0.353. The van der Waals surface area contributed by atoms with Crippen molar-refractivity contribution in [3.05, 3.63) is 86.6 Å². The van der Waals surface area contributed by atoms with Crippen molar-refractivity contribution in [2.24, 2.45) is 0 Å². The normalized spacial score (nSPS) is 12.3. The molecule has 0 amide bonds. The van der Waals surface area contributed by atoms with Crippen LogP contribution in [0.3, 0.4) is 0 Å². The van der Waals surface area contributed by atoms with Crippen molar-refractivity contribution in [3.63, 3.8) is 0 Å². The average Bonchev–Trinajstić information content (AvgIpc) is 2.84. The summed E-state index contributed by atoms with van der Waals surface area (Å²) in [7, 11) is 0. The predicted octanol–water partition coefficient (Wildman–Crippen LogP) is 4.46. The van der Waals surface area contributed by atoms with Gasteiger partial charge >= 0.3 is 6.18 Å². The molecule has 0 saturated carbocycles. The van der Waals surface area contributed by atoms with E-state index in [4.69, 9.17) is 5.26 Å². The van der Waals surface area contributed by atoms with Crippen LogP contribution in [0.4, 0.5) is 23.2 Å². The highest BCUT2D eigenvalue weighted by atomic mass is 19.4. The highest BCUT2D eigenvalue weighted by molar-refractivity contribution is 5.86. The second-order valence-corrected chi connectivity index (χ2v) is 8.45. The van der Waals surface area contributed by atoms with Crippen LogP contribution >= 0.6 is 0 Å². The Morgan fingerprint density at radius 3 is 2.65 bits per heavy atom. The molecule has 8 nitrogen and oxygen atoms in total. The Hall–Kier alpha value is -4.53. The number of aromatic amines is 1. The minimum Gasteiger partial charge on any atom is -0.381 e. The summed E-state index contributed by atoms with van der Waals surface area (Å²) in [5.41, 5.74) is -2.38. The number of H-pyrrole nitrogens is 1. The monoisotopic (exact) mass is 512 g/mol. The Morgan fingerprint density at radius 2 is 1.97 bits per heavy atom. The zero-order valence-corrected chi connectivity index (χ0v) is 19.4. The molecule has 4 aromatic rings. The third-order valence-corrected chi connectivity index (χ3v) is 5.80. The molecule has 1 atom stereocenters. The van der Waals surface area contributed by atoms with E-state index in [1.54, 1.807) is 36.3 Å². The summed E-state index contributed by atoms with van der Waals surface area (Å²) >= 11 is 0. The number of nitriles is 1. The van der Waals surface area contributed by atoms with Crippen molar-refractivity contribution >= 4 is 16.5 Å². The Balaban J connectivity index is 1.48. The summed E-state index contributed by atoms with van der Waals surface area (Å²) in [5.74, 6) is -0.713. The van der Waals surface area contributed by atoms with E-state index in [2.05, 4.69) is 15.4 Å². The zero-order chi connectivity index (χ0) is 26.7. The van der Waals surface area contributed by atoms with Crippen LogP contribution < -0.4 is 16.4 Å². The number of nitrogens with zero attached hydrogens (tertiary/aromatic N) is 4. The molecule has 190 valence electrons. The number of alkyl halides is 3. The molecule has 0 saturated heterocycles. The Kier molecular flexibility index (Phi) is 7.06. The van der Waals surface area contributed by atoms with E-state index in [1.807, 2.05) is 6.07 Å². The van der Waals surface area contributed by atoms with E-state index in [-0.39, 0.29) is 11.9 Å². The van der Waals surface area contributed by atoms with Gasteiger partial charge in [-0.15, -0.1) is 0 Å². The first-order valence-corrected chi connectivity index (χ1v) is 11.2. The van der Waals surface area contributed by atoms with Crippen molar-refractivity contribution < 1.29 is 17.6 Å². The highest BCUT2D eigenvalue weighted by Gasteiger charge is 2.37. The molecule has 0 aliphatic carbocycles. The van der Waals surface area contributed by atoms with Gasteiger partial charge in [-0.25, -0.2) is 9.49 Å². The van der Waals surface area contributed by atoms with Gasteiger partial charge in [0.2, 0.25) is 0 Å². The van der Waals surface area contributed by atoms with Gasteiger partial charge in [-0.3, -0.25) is 14.6 Å². The Morgan fingerprint density at radius 1 is 1.19 bits per heavy atom. The number of hydrogen-bond acceptors (Lipinski definition) is 6. The molecule has 0 aliphatic rings. The lowest BCUT2D eigenvalue weighted by Gasteiger charge is -2.18. The third-order valence-electron chi connectivity index (χ3n) is 5.80. The van der Waals surface area contributed by atoms with Gasteiger partial charge in [0.05, 0.1) is 28.5 Å². The van der Waals surface area contributed by atoms with Crippen molar-refractivity contribution in [1.29, 1.82) is 5.26 Å². The summed E-state index contributed by atoms with van der Waals surface area (Å²) < 4.78 is 55.9. The summed E-state index contributed by atoms with van der Waals surface area (Å²) in [5, 5.41) is 17.1. The summed E-state index contributed by atoms with van der Waals surface area (Å²) in [6, 6.07) is 9.10. The van der Waals surface area contributed by atoms with Crippen LogP contribution in [0.2, 0.25) is 0 Å². The molecule has 3 heterocycles. The van der Waals surface area contributed by atoms with Gasteiger partial charge in [0, 0.05) is 30.5 Å². The van der Waals surface area contributed by atoms with Gasteiger partial charge in [-0.2, -0.15) is 23.5 Å². The Labute approximate surface area is 207 Å². The minimum absolute atomic E-state index is 0.0875. The molecule has 0 fully saturated rings. The fourth-order valence-electron chi connectivity index (χ4n) is 4.02. The number of fused-ring (bicyclic) bond motifs is 1. The first-order valence-electron chi connectivity index (χ1n) is 11.2. The third kappa shape index (κ3) is 5.50. The van der Waals surface area contributed by atoms with Gasteiger partial charge in [0.1, 0.15) is 17.4 Å².